The van der Waals surface area contributed by atoms with Crippen LogP contribution < -0.4 is 4.90 Å². The van der Waals surface area contributed by atoms with E-state index in [0.29, 0.717) is 30.4 Å². The largest absolute Gasteiger partial charge is 0.354 e. The molecule has 1 aliphatic rings. The molecule has 6 nitrogen and oxygen atoms in total. The smallest absolute Gasteiger partial charge is 0.252 e. The zero-order valence-electron chi connectivity index (χ0n) is 13.3. The van der Waals surface area contributed by atoms with Gasteiger partial charge in [0.05, 0.1) is 0 Å². The summed E-state index contributed by atoms with van der Waals surface area (Å²) in [5.74, 6) is 0.890. The van der Waals surface area contributed by atoms with E-state index in [0.717, 1.165) is 22.7 Å². The summed E-state index contributed by atoms with van der Waals surface area (Å²) in [6.45, 7) is 6.24. The van der Waals surface area contributed by atoms with Crippen molar-refractivity contribution in [3.63, 3.8) is 0 Å². The molecule has 0 spiro atoms. The van der Waals surface area contributed by atoms with Gasteiger partial charge < -0.3 is 4.90 Å². The number of piperazine rings is 1. The maximum absolute atomic E-state index is 12.7. The number of hydrogen-bond donors (Lipinski definition) is 0. The van der Waals surface area contributed by atoms with Gasteiger partial charge in [0.25, 0.3) is 10.0 Å². The van der Waals surface area contributed by atoms with Gasteiger partial charge in [-0.15, -0.1) is 11.3 Å². The second kappa shape index (κ2) is 6.54. The van der Waals surface area contributed by atoms with Crippen LogP contribution in [0.4, 0.5) is 5.82 Å². The number of hydrogen-bond acceptors (Lipinski definition) is 6. The van der Waals surface area contributed by atoms with Crippen LogP contribution >= 0.6 is 11.3 Å². The maximum atomic E-state index is 12.7. The average Bonchev–Trinajstić information content (AvgIpc) is 3.05. The minimum Gasteiger partial charge on any atom is -0.354 e. The van der Waals surface area contributed by atoms with Crippen molar-refractivity contribution in [1.29, 1.82) is 0 Å². The van der Waals surface area contributed by atoms with Gasteiger partial charge in [-0.05, 0) is 25.5 Å². The van der Waals surface area contributed by atoms with E-state index < -0.39 is 10.0 Å². The van der Waals surface area contributed by atoms with Crippen molar-refractivity contribution in [2.24, 2.45) is 0 Å². The number of rotatable bonds is 4. The van der Waals surface area contributed by atoms with Crippen molar-refractivity contribution in [1.82, 2.24) is 14.3 Å². The highest BCUT2D eigenvalue weighted by atomic mass is 32.2. The van der Waals surface area contributed by atoms with E-state index in [1.54, 1.807) is 16.6 Å². The fourth-order valence-electron chi connectivity index (χ4n) is 2.68. The highest BCUT2D eigenvalue weighted by molar-refractivity contribution is 7.91. The molecule has 3 heterocycles. The van der Waals surface area contributed by atoms with Crippen LogP contribution in [0.5, 0.6) is 0 Å². The van der Waals surface area contributed by atoms with Crippen LogP contribution in [0.2, 0.25) is 0 Å². The Hall–Kier alpha value is -1.51. The molecule has 124 valence electrons. The van der Waals surface area contributed by atoms with Crippen LogP contribution in [-0.4, -0.2) is 48.9 Å². The highest BCUT2D eigenvalue weighted by Crippen LogP contribution is 2.27. The molecule has 0 amide bonds. The van der Waals surface area contributed by atoms with E-state index in [1.165, 1.54) is 17.7 Å². The number of aryl methyl sites for hydroxylation is 2. The normalized spacial score (nSPS) is 16.7. The topological polar surface area (TPSA) is 66.4 Å². The van der Waals surface area contributed by atoms with Crippen molar-refractivity contribution in [2.45, 2.75) is 24.5 Å². The molecule has 2 aromatic heterocycles. The molecule has 2 aromatic rings. The van der Waals surface area contributed by atoms with E-state index in [9.17, 15) is 8.42 Å². The summed E-state index contributed by atoms with van der Waals surface area (Å²) in [5.41, 5.74) is 1.01. The van der Waals surface area contributed by atoms with Crippen LogP contribution in [0.1, 0.15) is 17.4 Å². The molecule has 0 aromatic carbocycles. The number of thiophene rings is 1. The van der Waals surface area contributed by atoms with E-state index in [4.69, 9.17) is 0 Å². The second-order valence-corrected chi connectivity index (χ2v) is 8.83. The Morgan fingerprint density at radius 3 is 2.57 bits per heavy atom. The first-order valence-corrected chi connectivity index (χ1v) is 9.88. The van der Waals surface area contributed by atoms with Crippen LogP contribution in [0.3, 0.4) is 0 Å². The summed E-state index contributed by atoms with van der Waals surface area (Å²) in [6.07, 6.45) is 4.17. The Morgan fingerprint density at radius 2 is 1.96 bits per heavy atom. The third-order valence-electron chi connectivity index (χ3n) is 3.99. The van der Waals surface area contributed by atoms with Gasteiger partial charge in [-0.3, -0.25) is 0 Å². The lowest BCUT2D eigenvalue weighted by Crippen LogP contribution is -2.49. The number of aromatic nitrogens is 2. The molecule has 0 bridgehead atoms. The van der Waals surface area contributed by atoms with Crippen LogP contribution in [0.15, 0.2) is 28.9 Å². The fraction of sp³-hybridized carbons (Fsp3) is 0.467. The van der Waals surface area contributed by atoms with Crippen molar-refractivity contribution >= 4 is 27.2 Å². The number of nitrogens with zero attached hydrogens (tertiary/aromatic N) is 4. The molecule has 8 heteroatoms. The Bertz CT molecular complexity index is 780. The maximum Gasteiger partial charge on any atom is 0.252 e. The second-order valence-electron chi connectivity index (χ2n) is 5.49. The van der Waals surface area contributed by atoms with Gasteiger partial charge >= 0.3 is 0 Å². The van der Waals surface area contributed by atoms with Crippen LogP contribution in [0.25, 0.3) is 0 Å². The molecule has 0 saturated carbocycles. The van der Waals surface area contributed by atoms with Crippen molar-refractivity contribution < 1.29 is 8.42 Å². The fourth-order valence-corrected chi connectivity index (χ4v) is 5.55. The monoisotopic (exact) mass is 352 g/mol. The minimum absolute atomic E-state index is 0.445. The predicted octanol–water partition coefficient (Wildman–Crippen LogP) is 1.92. The van der Waals surface area contributed by atoms with Gasteiger partial charge in [0.15, 0.2) is 0 Å². The molecule has 0 unspecified atom stereocenters. The first kappa shape index (κ1) is 16.4. The van der Waals surface area contributed by atoms with Crippen LogP contribution in [-0.2, 0) is 16.4 Å². The first-order chi connectivity index (χ1) is 11.0. The number of anilines is 1. The average molecular weight is 352 g/mol. The summed E-state index contributed by atoms with van der Waals surface area (Å²) in [4.78, 5) is 11.5. The third kappa shape index (κ3) is 3.24. The molecule has 3 rings (SSSR count). The van der Waals surface area contributed by atoms with Gasteiger partial charge in [-0.2, -0.15) is 4.31 Å². The SMILES string of the molecule is CCc1ccc(S(=O)(=O)N2CCN(c3ncncc3C)CC2)s1. The highest BCUT2D eigenvalue weighted by Gasteiger charge is 2.30. The van der Waals surface area contributed by atoms with E-state index in [1.807, 2.05) is 19.9 Å². The Kier molecular flexibility index (Phi) is 4.65. The van der Waals surface area contributed by atoms with Gasteiger partial charge in [-0.25, -0.2) is 18.4 Å². The van der Waals surface area contributed by atoms with Crippen molar-refractivity contribution in [2.75, 3.05) is 31.1 Å². The summed E-state index contributed by atoms with van der Waals surface area (Å²) in [6, 6.07) is 3.62. The molecule has 1 saturated heterocycles. The molecule has 0 atom stereocenters. The molecular formula is C15H20N4O2S2. The molecule has 23 heavy (non-hydrogen) atoms. The zero-order valence-corrected chi connectivity index (χ0v) is 14.9. The summed E-state index contributed by atoms with van der Waals surface area (Å²) >= 11 is 1.37. The summed E-state index contributed by atoms with van der Waals surface area (Å²) in [7, 11) is -3.37. The lowest BCUT2D eigenvalue weighted by atomic mass is 10.3. The van der Waals surface area contributed by atoms with E-state index in [-0.39, 0.29) is 0 Å². The van der Waals surface area contributed by atoms with Crippen LogP contribution in [0, 0.1) is 6.92 Å². The molecule has 1 aliphatic heterocycles. The lowest BCUT2D eigenvalue weighted by molar-refractivity contribution is 0.384. The molecular weight excluding hydrogens is 332 g/mol. The quantitative estimate of drug-likeness (QED) is 0.841. The molecule has 0 radical (unpaired) electrons. The van der Waals surface area contributed by atoms with E-state index >= 15 is 0 Å². The Balaban J connectivity index is 1.72. The Labute approximate surface area is 140 Å². The molecule has 0 aliphatic carbocycles. The lowest BCUT2D eigenvalue weighted by Gasteiger charge is -2.34. The standard InChI is InChI=1S/C15H20N4O2S2/c1-3-13-4-5-14(22-13)23(20,21)19-8-6-18(7-9-19)15-12(2)10-16-11-17-15/h4-5,10-11H,3,6-9H2,1-2H3. The van der Waals surface area contributed by atoms with Gasteiger partial charge in [0, 0.05) is 42.8 Å². The summed E-state index contributed by atoms with van der Waals surface area (Å²) in [5, 5.41) is 0. The van der Waals surface area contributed by atoms with Crippen molar-refractivity contribution in [3.8, 4) is 0 Å². The van der Waals surface area contributed by atoms with E-state index in [2.05, 4.69) is 14.9 Å². The van der Waals surface area contributed by atoms with Gasteiger partial charge in [-0.1, -0.05) is 6.92 Å². The number of sulfonamides is 1. The Morgan fingerprint density at radius 1 is 1.22 bits per heavy atom. The molecule has 1 fully saturated rings. The summed E-state index contributed by atoms with van der Waals surface area (Å²) < 4.78 is 27.5. The van der Waals surface area contributed by atoms with Gasteiger partial charge in [0.2, 0.25) is 0 Å². The van der Waals surface area contributed by atoms with Gasteiger partial charge in [0.1, 0.15) is 16.4 Å². The third-order valence-corrected chi connectivity index (χ3v) is 7.58. The minimum atomic E-state index is -3.37. The molecule has 0 N–H and O–H groups in total. The predicted molar refractivity (Wildman–Crippen MR) is 91.4 cm³/mol. The van der Waals surface area contributed by atoms with Crippen molar-refractivity contribution in [3.05, 3.63) is 35.1 Å². The zero-order chi connectivity index (χ0) is 16.4. The first-order valence-electron chi connectivity index (χ1n) is 7.63.